The molecule has 1 saturated carbocycles. The molecule has 0 aromatic carbocycles. The molecule has 36 heavy (non-hydrogen) atoms. The Bertz CT molecular complexity index is 651. The normalized spacial score (nSPS) is 38.0. The van der Waals surface area contributed by atoms with Crippen LogP contribution in [-0.4, -0.2) is 133 Å². The number of aliphatic hydroxyl groups excluding tert-OH is 4. The number of carbonyl (C=O) groups excluding carboxylic acids is 1. The number of aliphatic hydroxyl groups is 4. The minimum atomic E-state index is -1.36. The minimum Gasteiger partial charge on any atom is -0.393 e. The Labute approximate surface area is 211 Å². The molecule has 0 bridgehead atoms. The van der Waals surface area contributed by atoms with Crippen molar-refractivity contribution in [2.75, 3.05) is 39.3 Å². The zero-order valence-electron chi connectivity index (χ0n) is 20.5. The molecule has 0 aromatic heterocycles. The fourth-order valence-electron chi connectivity index (χ4n) is 4.47. The van der Waals surface area contributed by atoms with Crippen molar-refractivity contribution in [1.29, 1.82) is 0 Å². The fourth-order valence-corrected chi connectivity index (χ4v) is 4.47. The minimum absolute atomic E-state index is 0.0876. The van der Waals surface area contributed by atoms with Gasteiger partial charge < -0.3 is 73.9 Å². The molecule has 2 aliphatic rings. The molecule has 15 heteroatoms. The lowest BCUT2D eigenvalue weighted by atomic mass is 9.83. The van der Waals surface area contributed by atoms with Crippen molar-refractivity contribution in [3.63, 3.8) is 0 Å². The zero-order valence-corrected chi connectivity index (χ0v) is 20.5. The first-order valence-corrected chi connectivity index (χ1v) is 12.4. The highest BCUT2D eigenvalue weighted by molar-refractivity contribution is 5.76. The summed E-state index contributed by atoms with van der Waals surface area (Å²) in [5.74, 6) is -0.435. The van der Waals surface area contributed by atoms with Crippen LogP contribution in [0, 0.1) is 0 Å². The average Bonchev–Trinajstić information content (AvgIpc) is 2.83. The number of nitrogens with one attached hydrogen (secondary N) is 2. The lowest BCUT2D eigenvalue weighted by Gasteiger charge is -2.47. The monoisotopic (exact) mass is 523 g/mol. The van der Waals surface area contributed by atoms with Crippen LogP contribution < -0.4 is 39.3 Å². The van der Waals surface area contributed by atoms with E-state index >= 15 is 0 Å². The first kappa shape index (κ1) is 31.2. The molecule has 2 rings (SSSR count). The summed E-state index contributed by atoms with van der Waals surface area (Å²) in [6.45, 7) is 1.84. The van der Waals surface area contributed by atoms with Crippen LogP contribution in [0.5, 0.6) is 0 Å². The number of ether oxygens (including phenoxy) is 3. The van der Waals surface area contributed by atoms with E-state index < -0.39 is 73.1 Å². The van der Waals surface area contributed by atoms with Crippen LogP contribution in [0.25, 0.3) is 0 Å². The molecule has 1 aliphatic heterocycles. The second-order valence-corrected chi connectivity index (χ2v) is 9.31. The summed E-state index contributed by atoms with van der Waals surface area (Å²) < 4.78 is 17.5. The van der Waals surface area contributed by atoms with Crippen molar-refractivity contribution < 1.29 is 39.4 Å². The van der Waals surface area contributed by atoms with Gasteiger partial charge in [0.1, 0.15) is 36.6 Å². The zero-order chi connectivity index (χ0) is 26.8. The third-order valence-electron chi connectivity index (χ3n) is 6.47. The molecular weight excluding hydrogens is 478 g/mol. The first-order chi connectivity index (χ1) is 17.1. The van der Waals surface area contributed by atoms with Gasteiger partial charge in [-0.15, -0.1) is 0 Å². The van der Waals surface area contributed by atoms with Crippen LogP contribution in [0.1, 0.15) is 19.3 Å². The Kier molecular flexibility index (Phi) is 13.3. The molecule has 1 saturated heterocycles. The van der Waals surface area contributed by atoms with Gasteiger partial charge in [-0.2, -0.15) is 0 Å². The third kappa shape index (κ3) is 8.49. The third-order valence-corrected chi connectivity index (χ3v) is 6.47. The van der Waals surface area contributed by atoms with Gasteiger partial charge in [-0.3, -0.25) is 4.79 Å². The summed E-state index contributed by atoms with van der Waals surface area (Å²) in [7, 11) is 0. The predicted molar refractivity (Wildman–Crippen MR) is 129 cm³/mol. The van der Waals surface area contributed by atoms with Crippen molar-refractivity contribution in [3.05, 3.63) is 0 Å². The number of hydrogen-bond acceptors (Lipinski definition) is 14. The fraction of sp³-hybridized carbons (Fsp3) is 0.952. The number of nitrogens with two attached hydrogens (primary N) is 5. The van der Waals surface area contributed by atoms with E-state index in [1.54, 1.807) is 0 Å². The molecule has 1 amide bonds. The molecule has 0 spiro atoms. The van der Waals surface area contributed by atoms with Crippen LogP contribution in [0.2, 0.25) is 0 Å². The van der Waals surface area contributed by atoms with E-state index in [4.69, 9.17) is 42.9 Å². The Hall–Kier alpha value is -1.05. The van der Waals surface area contributed by atoms with Crippen molar-refractivity contribution in [3.8, 4) is 0 Å². The first-order valence-electron chi connectivity index (χ1n) is 12.4. The van der Waals surface area contributed by atoms with Crippen molar-refractivity contribution in [1.82, 2.24) is 10.6 Å². The summed E-state index contributed by atoms with van der Waals surface area (Å²) in [6, 6.07) is -2.57. The van der Waals surface area contributed by atoms with Gasteiger partial charge in [0.2, 0.25) is 5.91 Å². The van der Waals surface area contributed by atoms with E-state index in [1.807, 2.05) is 0 Å². The quantitative estimate of drug-likeness (QED) is 0.0945. The number of amides is 1. The highest BCUT2D eigenvalue weighted by atomic mass is 16.7. The van der Waals surface area contributed by atoms with Crippen molar-refractivity contribution in [2.45, 2.75) is 86.4 Å². The molecule has 2 fully saturated rings. The molecule has 16 N–H and O–H groups in total. The Morgan fingerprint density at radius 2 is 1.75 bits per heavy atom. The van der Waals surface area contributed by atoms with E-state index in [-0.39, 0.29) is 39.0 Å². The van der Waals surface area contributed by atoms with Gasteiger partial charge in [-0.25, -0.2) is 0 Å². The van der Waals surface area contributed by atoms with Crippen molar-refractivity contribution >= 4 is 5.91 Å². The Balaban J connectivity index is 2.11. The number of carbonyl (C=O) groups is 1. The van der Waals surface area contributed by atoms with Crippen LogP contribution in [0.3, 0.4) is 0 Å². The molecule has 212 valence electrons. The molecule has 15 nitrogen and oxygen atoms in total. The molecule has 1 heterocycles. The lowest BCUT2D eigenvalue weighted by molar-refractivity contribution is -0.289. The largest absolute Gasteiger partial charge is 0.393 e. The van der Waals surface area contributed by atoms with Crippen LogP contribution in [0.15, 0.2) is 0 Å². The molecule has 1 aliphatic carbocycles. The molecule has 0 radical (unpaired) electrons. The van der Waals surface area contributed by atoms with Gasteiger partial charge in [0.15, 0.2) is 6.29 Å². The smallest absolute Gasteiger partial charge is 0.222 e. The standard InChI is InChI=1S/C21H45N7O8/c22-2-1-10(29)7-14(30)28-12-8-11(25)19(18(33)20(12)34-6-5-27-4-3-23)36-21-15(26)17(32)16(31)13(9-24)35-21/h10-13,15-21,27,29,31-33H,1-9,22-26H2,(H,28,30)/t10-,11?,12?,13?,15?,16?,17?,18?,19?,20?,21?/m0/s1. The van der Waals surface area contributed by atoms with Gasteiger partial charge in [0.05, 0.1) is 31.2 Å². The predicted octanol–water partition coefficient (Wildman–Crippen LogP) is -6.29. The highest BCUT2D eigenvalue weighted by Gasteiger charge is 2.49. The molecule has 0 aromatic rings. The van der Waals surface area contributed by atoms with Crippen molar-refractivity contribution in [2.24, 2.45) is 28.7 Å². The number of rotatable bonds is 14. The SMILES string of the molecule is NCCNCCOC1C(NC(=O)C[C@@H](O)CCN)CC(N)C(OC2OC(CN)C(O)C(O)C2N)C1O. The van der Waals surface area contributed by atoms with Gasteiger partial charge in [0, 0.05) is 32.2 Å². The lowest BCUT2D eigenvalue weighted by Crippen LogP contribution is -2.68. The Morgan fingerprint density at radius 1 is 1.03 bits per heavy atom. The molecule has 10 unspecified atom stereocenters. The van der Waals surface area contributed by atoms with E-state index in [2.05, 4.69) is 10.6 Å². The average molecular weight is 524 g/mol. The highest BCUT2D eigenvalue weighted by Crippen LogP contribution is 2.29. The summed E-state index contributed by atoms with van der Waals surface area (Å²) in [5.41, 5.74) is 28.8. The maximum Gasteiger partial charge on any atom is 0.222 e. The summed E-state index contributed by atoms with van der Waals surface area (Å²) >= 11 is 0. The van der Waals surface area contributed by atoms with Crippen LogP contribution in [0.4, 0.5) is 0 Å². The van der Waals surface area contributed by atoms with E-state index in [9.17, 15) is 25.2 Å². The summed E-state index contributed by atoms with van der Waals surface area (Å²) in [6.07, 6.45) is -8.62. The van der Waals surface area contributed by atoms with E-state index in [1.165, 1.54) is 0 Å². The van der Waals surface area contributed by atoms with E-state index in [0.717, 1.165) is 0 Å². The van der Waals surface area contributed by atoms with Crippen LogP contribution in [-0.2, 0) is 19.0 Å². The maximum absolute atomic E-state index is 12.5. The molecule has 11 atom stereocenters. The Morgan fingerprint density at radius 3 is 2.39 bits per heavy atom. The number of hydrogen-bond donors (Lipinski definition) is 11. The molecular formula is C21H45N7O8. The summed E-state index contributed by atoms with van der Waals surface area (Å²) in [4.78, 5) is 12.5. The van der Waals surface area contributed by atoms with Gasteiger partial charge >= 0.3 is 0 Å². The maximum atomic E-state index is 12.5. The second kappa shape index (κ2) is 15.4. The second-order valence-electron chi connectivity index (χ2n) is 9.31. The van der Waals surface area contributed by atoms with Gasteiger partial charge in [0.25, 0.3) is 0 Å². The van der Waals surface area contributed by atoms with Crippen LogP contribution >= 0.6 is 0 Å². The topological polar surface area (TPSA) is 280 Å². The van der Waals surface area contributed by atoms with Gasteiger partial charge in [-0.05, 0) is 19.4 Å². The van der Waals surface area contributed by atoms with Gasteiger partial charge in [-0.1, -0.05) is 0 Å². The summed E-state index contributed by atoms with van der Waals surface area (Å²) in [5, 5.41) is 47.3. The van der Waals surface area contributed by atoms with E-state index in [0.29, 0.717) is 19.6 Å².